The van der Waals surface area contributed by atoms with Crippen LogP contribution in [0, 0.1) is 5.92 Å². The highest BCUT2D eigenvalue weighted by molar-refractivity contribution is 6.62. The third-order valence-corrected chi connectivity index (χ3v) is 6.44. The maximum absolute atomic E-state index is 12.2. The summed E-state index contributed by atoms with van der Waals surface area (Å²) in [5, 5.41) is 0. The first-order chi connectivity index (χ1) is 14.4. The highest BCUT2D eigenvalue weighted by atomic mass is 16.7. The molecular weight excluding hydrogens is 393 g/mol. The zero-order valence-corrected chi connectivity index (χ0v) is 20.2. The van der Waals surface area contributed by atoms with E-state index in [-0.39, 0.29) is 24.4 Å². The van der Waals surface area contributed by atoms with E-state index in [2.05, 4.69) is 27.7 Å². The van der Waals surface area contributed by atoms with Crippen molar-refractivity contribution in [2.45, 2.75) is 84.5 Å². The van der Waals surface area contributed by atoms with Gasteiger partial charge >= 0.3 is 13.2 Å². The van der Waals surface area contributed by atoms with Gasteiger partial charge in [-0.25, -0.2) is 4.79 Å². The molecule has 0 atom stereocenters. The van der Waals surface area contributed by atoms with E-state index in [1.54, 1.807) is 0 Å². The molecule has 0 aromatic heterocycles. The third kappa shape index (κ3) is 6.16. The molecule has 0 unspecified atom stereocenters. The van der Waals surface area contributed by atoms with Gasteiger partial charge in [-0.15, -0.1) is 0 Å². The lowest BCUT2D eigenvalue weighted by Gasteiger charge is -2.33. The van der Waals surface area contributed by atoms with Crippen LogP contribution in [0.25, 0.3) is 0 Å². The van der Waals surface area contributed by atoms with Gasteiger partial charge in [-0.1, -0.05) is 12.1 Å². The molecule has 2 aliphatic rings. The molecule has 172 valence electrons. The average molecular weight is 431 g/mol. The van der Waals surface area contributed by atoms with Crippen molar-refractivity contribution in [3.8, 4) is 5.75 Å². The molecule has 2 saturated heterocycles. The molecule has 0 bridgehead atoms. The van der Waals surface area contributed by atoms with Crippen LogP contribution >= 0.6 is 0 Å². The first-order valence-corrected chi connectivity index (χ1v) is 11.4. The first-order valence-electron chi connectivity index (χ1n) is 11.4. The predicted octanol–water partition coefficient (Wildman–Crippen LogP) is 4.40. The van der Waals surface area contributed by atoms with Crippen molar-refractivity contribution in [3.63, 3.8) is 0 Å². The lowest BCUT2D eigenvalue weighted by Crippen LogP contribution is -2.41. The van der Waals surface area contributed by atoms with Crippen LogP contribution in [-0.2, 0) is 14.0 Å². The van der Waals surface area contributed by atoms with E-state index in [1.807, 2.05) is 49.9 Å². The number of benzene rings is 1. The summed E-state index contributed by atoms with van der Waals surface area (Å²) in [7, 11) is -0.384. The van der Waals surface area contributed by atoms with Gasteiger partial charge in [0.2, 0.25) is 0 Å². The van der Waals surface area contributed by atoms with Gasteiger partial charge in [0.15, 0.2) is 0 Å². The number of ether oxygens (including phenoxy) is 2. The Morgan fingerprint density at radius 3 is 2.32 bits per heavy atom. The van der Waals surface area contributed by atoms with Crippen molar-refractivity contribution >= 4 is 18.7 Å². The van der Waals surface area contributed by atoms with Gasteiger partial charge in [0.1, 0.15) is 11.4 Å². The average Bonchev–Trinajstić information content (AvgIpc) is 2.89. The van der Waals surface area contributed by atoms with Crippen LogP contribution in [-0.4, -0.2) is 54.6 Å². The fourth-order valence-corrected chi connectivity index (χ4v) is 3.80. The molecule has 0 aliphatic carbocycles. The molecule has 1 aromatic carbocycles. The molecule has 7 heteroatoms. The molecule has 2 fully saturated rings. The number of hydrogen-bond donors (Lipinski definition) is 0. The highest BCUT2D eigenvalue weighted by Gasteiger charge is 2.51. The highest BCUT2D eigenvalue weighted by Crippen LogP contribution is 2.36. The Labute approximate surface area is 187 Å². The van der Waals surface area contributed by atoms with Gasteiger partial charge in [0.05, 0.1) is 17.8 Å². The molecule has 2 heterocycles. The van der Waals surface area contributed by atoms with E-state index in [1.165, 1.54) is 0 Å². The molecule has 0 radical (unpaired) electrons. The summed E-state index contributed by atoms with van der Waals surface area (Å²) in [6.45, 7) is 16.1. The standard InChI is InChI=1S/C24H38BNO5/c1-22(2,3)29-21(27)26-14-11-18(12-15-26)13-16-28-20-10-8-9-19(17-20)25-30-23(4,5)24(6,7)31-25/h8-10,17-18H,11-16H2,1-7H3. The molecule has 0 saturated carbocycles. The maximum Gasteiger partial charge on any atom is 0.494 e. The smallest absolute Gasteiger partial charge is 0.494 e. The molecule has 6 nitrogen and oxygen atoms in total. The second-order valence-corrected chi connectivity index (χ2v) is 10.7. The Bertz CT molecular complexity index is 749. The molecule has 31 heavy (non-hydrogen) atoms. The number of amides is 1. The van der Waals surface area contributed by atoms with E-state index >= 15 is 0 Å². The maximum atomic E-state index is 12.2. The Morgan fingerprint density at radius 1 is 1.13 bits per heavy atom. The molecule has 3 rings (SSSR count). The van der Waals surface area contributed by atoms with Crippen LogP contribution in [0.2, 0.25) is 0 Å². The minimum Gasteiger partial charge on any atom is -0.494 e. The summed E-state index contributed by atoms with van der Waals surface area (Å²) in [6, 6.07) is 7.98. The molecule has 1 amide bonds. The van der Waals surface area contributed by atoms with Crippen LogP contribution in [0.1, 0.15) is 67.7 Å². The second-order valence-electron chi connectivity index (χ2n) is 10.7. The van der Waals surface area contributed by atoms with Crippen molar-refractivity contribution in [1.29, 1.82) is 0 Å². The third-order valence-electron chi connectivity index (χ3n) is 6.44. The Morgan fingerprint density at radius 2 is 1.74 bits per heavy atom. The topological polar surface area (TPSA) is 57.2 Å². The van der Waals surface area contributed by atoms with Gasteiger partial charge in [-0.3, -0.25) is 0 Å². The molecule has 2 aliphatic heterocycles. The minimum atomic E-state index is -0.448. The summed E-state index contributed by atoms with van der Waals surface area (Å²) in [5.74, 6) is 1.39. The van der Waals surface area contributed by atoms with Crippen molar-refractivity contribution in [2.24, 2.45) is 5.92 Å². The number of hydrogen-bond acceptors (Lipinski definition) is 5. The van der Waals surface area contributed by atoms with Gasteiger partial charge < -0.3 is 23.7 Å². The fourth-order valence-electron chi connectivity index (χ4n) is 3.80. The van der Waals surface area contributed by atoms with Gasteiger partial charge in [-0.2, -0.15) is 0 Å². The van der Waals surface area contributed by atoms with Crippen LogP contribution < -0.4 is 10.2 Å². The van der Waals surface area contributed by atoms with Crippen LogP contribution in [0.15, 0.2) is 24.3 Å². The van der Waals surface area contributed by atoms with Crippen LogP contribution in [0.4, 0.5) is 4.79 Å². The van der Waals surface area contributed by atoms with E-state index in [4.69, 9.17) is 18.8 Å². The van der Waals surface area contributed by atoms with Crippen LogP contribution in [0.3, 0.4) is 0 Å². The van der Waals surface area contributed by atoms with Crippen LogP contribution in [0.5, 0.6) is 5.75 Å². The number of rotatable bonds is 5. The summed E-state index contributed by atoms with van der Waals surface area (Å²) >= 11 is 0. The van der Waals surface area contributed by atoms with E-state index < -0.39 is 5.60 Å². The normalized spacial score (nSPS) is 21.3. The Balaban J connectivity index is 1.44. The van der Waals surface area contributed by atoms with Crippen molar-refractivity contribution in [3.05, 3.63) is 24.3 Å². The summed E-state index contributed by atoms with van der Waals surface area (Å²) in [5.41, 5.74) is -0.191. The lowest BCUT2D eigenvalue weighted by molar-refractivity contribution is 0.00578. The number of likely N-dealkylation sites (tertiary alicyclic amines) is 1. The Kier molecular flexibility index (Phi) is 6.97. The lowest BCUT2D eigenvalue weighted by atomic mass is 9.79. The summed E-state index contributed by atoms with van der Waals surface area (Å²) in [6.07, 6.45) is 2.73. The van der Waals surface area contributed by atoms with Gasteiger partial charge in [0.25, 0.3) is 0 Å². The number of carbonyl (C=O) groups excluding carboxylic acids is 1. The largest absolute Gasteiger partial charge is 0.494 e. The zero-order chi connectivity index (χ0) is 22.9. The molecule has 1 aromatic rings. The van der Waals surface area contributed by atoms with Crippen molar-refractivity contribution in [2.75, 3.05) is 19.7 Å². The zero-order valence-electron chi connectivity index (χ0n) is 20.2. The summed E-state index contributed by atoms with van der Waals surface area (Å²) < 4.78 is 23.8. The first kappa shape index (κ1) is 23.9. The number of carbonyl (C=O) groups is 1. The van der Waals surface area contributed by atoms with Gasteiger partial charge in [0, 0.05) is 13.1 Å². The fraction of sp³-hybridized carbons (Fsp3) is 0.708. The molecule has 0 spiro atoms. The van der Waals surface area contributed by atoms with Crippen molar-refractivity contribution in [1.82, 2.24) is 4.90 Å². The van der Waals surface area contributed by atoms with Crippen molar-refractivity contribution < 1.29 is 23.6 Å². The van der Waals surface area contributed by atoms with E-state index in [0.29, 0.717) is 12.5 Å². The molecule has 0 N–H and O–H groups in total. The minimum absolute atomic E-state index is 0.207. The van der Waals surface area contributed by atoms with E-state index in [9.17, 15) is 4.79 Å². The van der Waals surface area contributed by atoms with Gasteiger partial charge in [-0.05, 0) is 91.2 Å². The summed E-state index contributed by atoms with van der Waals surface area (Å²) in [4.78, 5) is 14.0. The SMILES string of the molecule is CC(C)(C)OC(=O)N1CCC(CCOc2cccc(B3OC(C)(C)C(C)(C)O3)c2)CC1. The quantitative estimate of drug-likeness (QED) is 0.647. The molecular formula is C24H38BNO5. The second kappa shape index (κ2) is 9.03. The Hall–Kier alpha value is -1.73. The predicted molar refractivity (Wildman–Crippen MR) is 123 cm³/mol. The number of nitrogens with zero attached hydrogens (tertiary/aromatic N) is 1. The van der Waals surface area contributed by atoms with E-state index in [0.717, 1.165) is 43.6 Å². The number of piperidine rings is 1. The monoisotopic (exact) mass is 431 g/mol.